The molecule has 2 N–H and O–H groups in total. The van der Waals surface area contributed by atoms with Gasteiger partial charge in [-0.05, 0) is 72.9 Å². The summed E-state index contributed by atoms with van der Waals surface area (Å²) in [6.45, 7) is 4.37. The molecule has 0 aliphatic carbocycles. The Labute approximate surface area is 216 Å². The van der Waals surface area contributed by atoms with E-state index in [2.05, 4.69) is 41.5 Å². The van der Waals surface area contributed by atoms with Gasteiger partial charge in [0.2, 0.25) is 11.8 Å². The molecule has 0 fully saturated rings. The second-order valence-corrected chi connectivity index (χ2v) is 9.47. The Morgan fingerprint density at radius 1 is 0.838 bits per heavy atom. The summed E-state index contributed by atoms with van der Waals surface area (Å²) in [6, 6.07) is 25.3. The van der Waals surface area contributed by atoms with Gasteiger partial charge in [-0.3, -0.25) is 9.59 Å². The minimum atomic E-state index is -0.884. The molecule has 0 amide bonds. The summed E-state index contributed by atoms with van der Waals surface area (Å²) >= 11 is 0. The minimum Gasteiger partial charge on any atom is -0.481 e. The van der Waals surface area contributed by atoms with E-state index in [1.807, 2.05) is 54.6 Å². The fraction of sp³-hybridized carbons (Fsp3) is 0.267. The van der Waals surface area contributed by atoms with Crippen molar-refractivity contribution in [3.8, 4) is 22.9 Å². The van der Waals surface area contributed by atoms with E-state index < -0.39 is 5.97 Å². The molecular weight excluding hydrogens is 466 g/mol. The number of aliphatic carboxylic acids is 1. The molecule has 0 bridgehead atoms. The number of hydrogen-bond acceptors (Lipinski definition) is 6. The van der Waals surface area contributed by atoms with Crippen molar-refractivity contribution in [2.45, 2.75) is 45.6 Å². The van der Waals surface area contributed by atoms with Crippen LogP contribution in [0.1, 0.15) is 61.5 Å². The SMILES string of the molecule is CC(C)C[C@H](Nc1ccc(C(=O)CCCC(=O)O)cc1)c1ccc(-c2nnc(-c3ccccc3)o2)cc1. The highest BCUT2D eigenvalue weighted by molar-refractivity contribution is 5.96. The van der Waals surface area contributed by atoms with Crippen LogP contribution in [0.25, 0.3) is 22.9 Å². The molecule has 190 valence electrons. The van der Waals surface area contributed by atoms with E-state index in [1.165, 1.54) is 0 Å². The summed E-state index contributed by atoms with van der Waals surface area (Å²) < 4.78 is 5.89. The number of hydrogen-bond donors (Lipinski definition) is 2. The smallest absolute Gasteiger partial charge is 0.303 e. The van der Waals surface area contributed by atoms with E-state index in [4.69, 9.17) is 9.52 Å². The topological polar surface area (TPSA) is 105 Å². The molecular formula is C30H31N3O4. The maximum absolute atomic E-state index is 12.3. The summed E-state index contributed by atoms with van der Waals surface area (Å²) in [5.41, 5.74) is 4.38. The molecule has 4 rings (SSSR count). The maximum Gasteiger partial charge on any atom is 0.303 e. The van der Waals surface area contributed by atoms with E-state index in [9.17, 15) is 9.59 Å². The number of rotatable bonds is 12. The fourth-order valence-corrected chi connectivity index (χ4v) is 4.14. The van der Waals surface area contributed by atoms with Crippen LogP contribution in [0.5, 0.6) is 0 Å². The van der Waals surface area contributed by atoms with Crippen molar-refractivity contribution < 1.29 is 19.1 Å². The van der Waals surface area contributed by atoms with Gasteiger partial charge in [-0.15, -0.1) is 10.2 Å². The van der Waals surface area contributed by atoms with E-state index in [0.29, 0.717) is 29.7 Å². The van der Waals surface area contributed by atoms with Gasteiger partial charge in [-0.1, -0.05) is 44.2 Å². The van der Waals surface area contributed by atoms with E-state index in [-0.39, 0.29) is 24.7 Å². The summed E-state index contributed by atoms with van der Waals surface area (Å²) in [6.07, 6.45) is 1.50. The standard InChI is InChI=1S/C30H31N3O4/c1-20(2)19-26(31-25-17-15-22(16-18-25)27(34)9-6-10-28(35)36)21-11-13-24(14-12-21)30-33-32-29(37-30)23-7-4-3-5-8-23/h3-5,7-8,11-18,20,26,31H,6,9-10,19H2,1-2H3,(H,35,36)/t26-/m0/s1. The predicted octanol–water partition coefficient (Wildman–Crippen LogP) is 7.04. The summed E-state index contributed by atoms with van der Waals surface area (Å²) in [7, 11) is 0. The van der Waals surface area contributed by atoms with Gasteiger partial charge in [0.05, 0.1) is 6.04 Å². The number of carbonyl (C=O) groups is 2. The Morgan fingerprint density at radius 2 is 1.46 bits per heavy atom. The molecule has 0 spiro atoms. The molecule has 37 heavy (non-hydrogen) atoms. The van der Waals surface area contributed by atoms with Crippen LogP contribution < -0.4 is 5.32 Å². The zero-order valence-corrected chi connectivity index (χ0v) is 21.1. The quantitative estimate of drug-likeness (QED) is 0.202. The number of carboxylic acids is 1. The van der Waals surface area contributed by atoms with Crippen molar-refractivity contribution in [1.29, 1.82) is 0 Å². The fourth-order valence-electron chi connectivity index (χ4n) is 4.14. The zero-order valence-electron chi connectivity index (χ0n) is 21.1. The molecule has 4 aromatic rings. The zero-order chi connectivity index (χ0) is 26.2. The second-order valence-electron chi connectivity index (χ2n) is 9.47. The highest BCUT2D eigenvalue weighted by Gasteiger charge is 2.16. The van der Waals surface area contributed by atoms with Gasteiger partial charge in [0.15, 0.2) is 5.78 Å². The second kappa shape index (κ2) is 12.1. The number of ketones is 1. The summed E-state index contributed by atoms with van der Waals surface area (Å²) in [5.74, 6) is 0.506. The first-order valence-electron chi connectivity index (χ1n) is 12.5. The number of Topliss-reactive ketones (excluding diaryl/α,β-unsaturated/α-hetero) is 1. The van der Waals surface area contributed by atoms with Crippen molar-refractivity contribution in [1.82, 2.24) is 10.2 Å². The van der Waals surface area contributed by atoms with Crippen LogP contribution >= 0.6 is 0 Å². The molecule has 0 aliphatic rings. The van der Waals surface area contributed by atoms with Gasteiger partial charge in [-0.2, -0.15) is 0 Å². The van der Waals surface area contributed by atoms with Gasteiger partial charge in [-0.25, -0.2) is 0 Å². The van der Waals surface area contributed by atoms with E-state index >= 15 is 0 Å². The van der Waals surface area contributed by atoms with Crippen molar-refractivity contribution >= 4 is 17.4 Å². The lowest BCUT2D eigenvalue weighted by Crippen LogP contribution is -2.13. The highest BCUT2D eigenvalue weighted by Crippen LogP contribution is 2.29. The maximum atomic E-state index is 12.3. The number of anilines is 1. The normalized spacial score (nSPS) is 11.9. The number of benzene rings is 3. The van der Waals surface area contributed by atoms with Crippen LogP contribution in [0, 0.1) is 5.92 Å². The molecule has 7 nitrogen and oxygen atoms in total. The van der Waals surface area contributed by atoms with Gasteiger partial charge < -0.3 is 14.8 Å². The average Bonchev–Trinajstić information content (AvgIpc) is 3.39. The predicted molar refractivity (Wildman–Crippen MR) is 143 cm³/mol. The largest absolute Gasteiger partial charge is 0.481 e. The van der Waals surface area contributed by atoms with Gasteiger partial charge in [0.25, 0.3) is 0 Å². The van der Waals surface area contributed by atoms with Crippen LogP contribution in [-0.4, -0.2) is 27.1 Å². The van der Waals surface area contributed by atoms with Gasteiger partial charge in [0.1, 0.15) is 0 Å². The number of nitrogens with one attached hydrogen (secondary N) is 1. The third-order valence-electron chi connectivity index (χ3n) is 6.06. The number of aromatic nitrogens is 2. The lowest BCUT2D eigenvalue weighted by Gasteiger charge is -2.22. The first kappa shape index (κ1) is 25.8. The molecule has 1 aromatic heterocycles. The lowest BCUT2D eigenvalue weighted by atomic mass is 9.95. The van der Waals surface area contributed by atoms with Crippen LogP contribution in [0.4, 0.5) is 5.69 Å². The molecule has 1 heterocycles. The van der Waals surface area contributed by atoms with Crippen molar-refractivity contribution in [2.24, 2.45) is 5.92 Å². The average molecular weight is 498 g/mol. The minimum absolute atomic E-state index is 0.00172. The third kappa shape index (κ3) is 7.13. The van der Waals surface area contributed by atoms with E-state index in [1.54, 1.807) is 12.1 Å². The molecule has 0 saturated carbocycles. The van der Waals surface area contributed by atoms with Crippen LogP contribution in [0.15, 0.2) is 83.3 Å². The van der Waals surface area contributed by atoms with Crippen molar-refractivity contribution in [3.63, 3.8) is 0 Å². The van der Waals surface area contributed by atoms with Crippen LogP contribution in [-0.2, 0) is 4.79 Å². The Morgan fingerprint density at radius 3 is 2.05 bits per heavy atom. The Kier molecular flexibility index (Phi) is 8.46. The van der Waals surface area contributed by atoms with Gasteiger partial charge in [0, 0.05) is 35.2 Å². The number of carbonyl (C=O) groups excluding carboxylic acids is 1. The molecule has 0 aliphatic heterocycles. The Hall–Kier alpha value is -4.26. The number of carboxylic acid groups (broad SMARTS) is 1. The third-order valence-corrected chi connectivity index (χ3v) is 6.06. The first-order chi connectivity index (χ1) is 17.9. The van der Waals surface area contributed by atoms with Crippen LogP contribution in [0.3, 0.4) is 0 Å². The Bertz CT molecular complexity index is 1310. The highest BCUT2D eigenvalue weighted by atomic mass is 16.4. The summed E-state index contributed by atoms with van der Waals surface area (Å²) in [5, 5.41) is 20.8. The van der Waals surface area contributed by atoms with Crippen molar-refractivity contribution in [2.75, 3.05) is 5.32 Å². The summed E-state index contributed by atoms with van der Waals surface area (Å²) in [4.78, 5) is 23.0. The van der Waals surface area contributed by atoms with E-state index in [0.717, 1.165) is 28.8 Å². The molecule has 3 aromatic carbocycles. The molecule has 0 radical (unpaired) electrons. The Balaban J connectivity index is 1.44. The number of nitrogens with zero attached hydrogens (tertiary/aromatic N) is 2. The molecule has 0 saturated heterocycles. The molecule has 1 atom stereocenters. The molecule has 7 heteroatoms. The monoisotopic (exact) mass is 497 g/mol. The first-order valence-corrected chi connectivity index (χ1v) is 12.5. The molecule has 0 unspecified atom stereocenters. The lowest BCUT2D eigenvalue weighted by molar-refractivity contribution is -0.137. The van der Waals surface area contributed by atoms with Crippen LogP contribution in [0.2, 0.25) is 0 Å². The van der Waals surface area contributed by atoms with Crippen molar-refractivity contribution in [3.05, 3.63) is 90.0 Å². The van der Waals surface area contributed by atoms with Gasteiger partial charge >= 0.3 is 5.97 Å².